The van der Waals surface area contributed by atoms with Gasteiger partial charge in [-0.25, -0.2) is 13.6 Å². The van der Waals surface area contributed by atoms with Gasteiger partial charge >= 0.3 is 6.09 Å². The minimum atomic E-state index is -1.25. The minimum Gasteiger partial charge on any atom is -0.444 e. The van der Waals surface area contributed by atoms with Crippen molar-refractivity contribution in [1.29, 1.82) is 0 Å². The number of likely N-dealkylation sites (tertiary alicyclic amines) is 1. The molecule has 0 unspecified atom stereocenters. The highest BCUT2D eigenvalue weighted by molar-refractivity contribution is 8.18. The third-order valence-corrected chi connectivity index (χ3v) is 8.74. The zero-order valence-corrected chi connectivity index (χ0v) is 18.1. The molecule has 1 N–H and O–H groups in total. The number of aliphatic hydroxyl groups is 1. The second kappa shape index (κ2) is 8.03. The lowest BCUT2D eigenvalue weighted by molar-refractivity contribution is -0.0402. The highest BCUT2D eigenvalue weighted by Gasteiger charge is 2.56. The van der Waals surface area contributed by atoms with Crippen molar-refractivity contribution in [2.75, 3.05) is 24.6 Å². The number of carbonyl (C=O) groups excluding carboxylic acids is 1. The molecule has 0 radical (unpaired) electrons. The van der Waals surface area contributed by atoms with Crippen molar-refractivity contribution < 1.29 is 23.4 Å². The number of benzene rings is 1. The minimum absolute atomic E-state index is 0.204. The summed E-state index contributed by atoms with van der Waals surface area (Å²) in [6.45, 7) is 6.04. The lowest BCUT2D eigenvalue weighted by Crippen LogP contribution is -2.57. The molecule has 0 saturated carbocycles. The molecule has 1 aromatic rings. The third-order valence-electron chi connectivity index (χ3n) is 5.04. The van der Waals surface area contributed by atoms with Crippen LogP contribution in [0, 0.1) is 11.6 Å². The molecule has 8 heteroatoms. The summed E-state index contributed by atoms with van der Waals surface area (Å²) in [4.78, 5) is 13.9. The fraction of sp³-hybridized carbons (Fsp3) is 0.650. The summed E-state index contributed by atoms with van der Waals surface area (Å²) in [7, 11) is 0. The maximum absolute atomic E-state index is 14.7. The van der Waals surface area contributed by atoms with Crippen LogP contribution in [0.25, 0.3) is 0 Å². The van der Waals surface area contributed by atoms with Gasteiger partial charge in [-0.1, -0.05) is 0 Å². The lowest BCUT2D eigenvalue weighted by atomic mass is 9.84. The Labute approximate surface area is 173 Å². The number of hydrogen-bond donors (Lipinski definition) is 1. The number of piperidine rings is 1. The molecule has 1 amide bonds. The Morgan fingerprint density at radius 2 is 1.79 bits per heavy atom. The maximum atomic E-state index is 14.7. The summed E-state index contributed by atoms with van der Waals surface area (Å²) in [6, 6.07) is 3.43. The van der Waals surface area contributed by atoms with Gasteiger partial charge in [0.25, 0.3) is 0 Å². The number of halogens is 2. The molecule has 0 aromatic heterocycles. The smallest absolute Gasteiger partial charge is 0.410 e. The number of thioether (sulfide) groups is 2. The molecule has 2 aliphatic heterocycles. The van der Waals surface area contributed by atoms with Gasteiger partial charge in [-0.2, -0.15) is 0 Å². The van der Waals surface area contributed by atoms with E-state index in [2.05, 4.69) is 0 Å². The van der Waals surface area contributed by atoms with E-state index in [-0.39, 0.29) is 18.4 Å². The first-order chi connectivity index (χ1) is 13.1. The standard InChI is InChI=1S/C20H27F2NO3S2/c1-18(2,3)26-17(24)23-9-7-19(25,8-10-23)20(27-11-4-12-28-20)15-13-14(21)5-6-16(15)22/h5-6,13,25H,4,7-12H2,1-3H3. The summed E-state index contributed by atoms with van der Waals surface area (Å²) in [5, 5.41) is 11.6. The van der Waals surface area contributed by atoms with E-state index in [1.807, 2.05) is 20.8 Å². The van der Waals surface area contributed by atoms with Crippen LogP contribution in [0.15, 0.2) is 18.2 Å². The average Bonchev–Trinajstić information content (AvgIpc) is 2.63. The Balaban J connectivity index is 1.86. The van der Waals surface area contributed by atoms with Gasteiger partial charge in [0.2, 0.25) is 0 Å². The quantitative estimate of drug-likeness (QED) is 0.732. The van der Waals surface area contributed by atoms with Gasteiger partial charge in [0.05, 0.1) is 5.60 Å². The van der Waals surface area contributed by atoms with E-state index in [0.717, 1.165) is 30.1 Å². The molecule has 4 nitrogen and oxygen atoms in total. The van der Waals surface area contributed by atoms with Crippen molar-refractivity contribution in [3.8, 4) is 0 Å². The Kier molecular flexibility index (Phi) is 6.23. The van der Waals surface area contributed by atoms with Gasteiger partial charge in [0, 0.05) is 18.7 Å². The summed E-state index contributed by atoms with van der Waals surface area (Å²) in [6.07, 6.45) is 1.10. The van der Waals surface area contributed by atoms with E-state index < -0.39 is 33.0 Å². The summed E-state index contributed by atoms with van der Waals surface area (Å²) < 4.78 is 33.1. The fourth-order valence-electron chi connectivity index (χ4n) is 3.67. The monoisotopic (exact) mass is 431 g/mol. The zero-order chi connectivity index (χ0) is 20.6. The van der Waals surface area contributed by atoms with Crippen LogP contribution < -0.4 is 0 Å². The molecule has 156 valence electrons. The Hall–Kier alpha value is -0.990. The van der Waals surface area contributed by atoms with Gasteiger partial charge < -0.3 is 14.7 Å². The SMILES string of the molecule is CC(C)(C)OC(=O)N1CCC(O)(C2(c3cc(F)ccc3F)SCCCS2)CC1. The zero-order valence-electron chi connectivity index (χ0n) is 16.5. The average molecular weight is 432 g/mol. The lowest BCUT2D eigenvalue weighted by Gasteiger charge is -2.51. The van der Waals surface area contributed by atoms with Crippen LogP contribution in [-0.4, -0.2) is 51.9 Å². The molecule has 0 atom stereocenters. The van der Waals surface area contributed by atoms with Crippen molar-refractivity contribution in [2.24, 2.45) is 0 Å². The molecular formula is C20H27F2NO3S2. The summed E-state index contributed by atoms with van der Waals surface area (Å²) in [5.74, 6) is 0.505. The van der Waals surface area contributed by atoms with Gasteiger partial charge in [-0.15, -0.1) is 23.5 Å². The van der Waals surface area contributed by atoms with Crippen molar-refractivity contribution in [3.63, 3.8) is 0 Å². The Morgan fingerprint density at radius 3 is 2.36 bits per heavy atom. The van der Waals surface area contributed by atoms with Gasteiger partial charge in [0.1, 0.15) is 21.3 Å². The number of rotatable bonds is 2. The third kappa shape index (κ3) is 4.28. The second-order valence-corrected chi connectivity index (χ2v) is 11.2. The van der Waals surface area contributed by atoms with Crippen LogP contribution in [0.5, 0.6) is 0 Å². The van der Waals surface area contributed by atoms with Gasteiger partial charge in [-0.05, 0) is 69.7 Å². The molecule has 3 rings (SSSR count). The van der Waals surface area contributed by atoms with E-state index in [1.165, 1.54) is 29.6 Å². The molecule has 0 spiro atoms. The normalized spacial score (nSPS) is 22.0. The number of hydrogen-bond acceptors (Lipinski definition) is 5. The van der Waals surface area contributed by atoms with Crippen LogP contribution >= 0.6 is 23.5 Å². The first kappa shape index (κ1) is 21.7. The molecule has 2 saturated heterocycles. The van der Waals surface area contributed by atoms with E-state index >= 15 is 0 Å². The van der Waals surface area contributed by atoms with Crippen LogP contribution in [0.2, 0.25) is 0 Å². The van der Waals surface area contributed by atoms with E-state index in [0.29, 0.717) is 13.1 Å². The van der Waals surface area contributed by atoms with Crippen LogP contribution in [0.3, 0.4) is 0 Å². The molecule has 0 aliphatic carbocycles. The second-order valence-electron chi connectivity index (χ2n) is 8.29. The number of carbonyl (C=O) groups is 1. The van der Waals surface area contributed by atoms with Crippen molar-refractivity contribution in [2.45, 2.75) is 55.3 Å². The summed E-state index contributed by atoms with van der Waals surface area (Å²) in [5.41, 5.74) is -1.64. The van der Waals surface area contributed by atoms with E-state index in [1.54, 1.807) is 4.90 Å². The predicted octanol–water partition coefficient (Wildman–Crippen LogP) is 4.75. The molecule has 2 fully saturated rings. The van der Waals surface area contributed by atoms with Crippen LogP contribution in [-0.2, 0) is 8.82 Å². The Bertz CT molecular complexity index is 725. The first-order valence-electron chi connectivity index (χ1n) is 9.50. The maximum Gasteiger partial charge on any atom is 0.410 e. The number of nitrogens with zero attached hydrogens (tertiary/aromatic N) is 1. The van der Waals surface area contributed by atoms with E-state index in [9.17, 15) is 18.7 Å². The van der Waals surface area contributed by atoms with Gasteiger partial charge in [-0.3, -0.25) is 0 Å². The highest BCUT2D eigenvalue weighted by Crippen LogP contribution is 2.60. The van der Waals surface area contributed by atoms with Crippen molar-refractivity contribution in [3.05, 3.63) is 35.4 Å². The molecular weight excluding hydrogens is 404 g/mol. The molecule has 0 bridgehead atoms. The van der Waals surface area contributed by atoms with Gasteiger partial charge in [0.15, 0.2) is 0 Å². The van der Waals surface area contributed by atoms with Crippen LogP contribution in [0.4, 0.5) is 13.6 Å². The van der Waals surface area contributed by atoms with Crippen molar-refractivity contribution >= 4 is 29.6 Å². The largest absolute Gasteiger partial charge is 0.444 e. The number of amides is 1. The van der Waals surface area contributed by atoms with E-state index in [4.69, 9.17) is 4.74 Å². The summed E-state index contributed by atoms with van der Waals surface area (Å²) >= 11 is 2.97. The molecule has 28 heavy (non-hydrogen) atoms. The topological polar surface area (TPSA) is 49.8 Å². The molecule has 1 aromatic carbocycles. The van der Waals surface area contributed by atoms with Crippen molar-refractivity contribution in [1.82, 2.24) is 4.90 Å². The predicted molar refractivity (Wildman–Crippen MR) is 110 cm³/mol. The highest BCUT2D eigenvalue weighted by atomic mass is 32.2. The Morgan fingerprint density at radius 1 is 1.18 bits per heavy atom. The first-order valence-corrected chi connectivity index (χ1v) is 11.5. The molecule has 2 heterocycles. The fourth-order valence-corrected chi connectivity index (χ4v) is 7.41. The number of ether oxygens (including phenoxy) is 1. The molecule has 2 aliphatic rings. The van der Waals surface area contributed by atoms with Crippen LogP contribution in [0.1, 0.15) is 45.6 Å².